The van der Waals surface area contributed by atoms with Gasteiger partial charge in [-0.15, -0.1) is 0 Å². The summed E-state index contributed by atoms with van der Waals surface area (Å²) in [5, 5.41) is 7.91. The van der Waals surface area contributed by atoms with E-state index in [1.54, 1.807) is 0 Å². The highest BCUT2D eigenvalue weighted by molar-refractivity contribution is 6.31. The Morgan fingerprint density at radius 3 is 2.35 bits per heavy atom. The van der Waals surface area contributed by atoms with Crippen molar-refractivity contribution in [3.05, 3.63) is 34.1 Å². The van der Waals surface area contributed by atoms with Gasteiger partial charge < -0.3 is 5.11 Å². The average molecular weight is 267 g/mol. The van der Waals surface area contributed by atoms with Crippen LogP contribution in [0.25, 0.3) is 0 Å². The molecule has 1 rings (SSSR count). The van der Waals surface area contributed by atoms with Crippen LogP contribution in [0.3, 0.4) is 0 Å². The molecule has 0 heterocycles. The Morgan fingerprint density at radius 1 is 1.35 bits per heavy atom. The molecule has 2 nitrogen and oxygen atoms in total. The summed E-state index contributed by atoms with van der Waals surface area (Å²) >= 11 is 5.26. The van der Waals surface area contributed by atoms with Gasteiger partial charge >= 0.3 is 5.97 Å². The van der Waals surface area contributed by atoms with E-state index in [4.69, 9.17) is 16.7 Å². The molecule has 0 fully saturated rings. The molecule has 0 aliphatic carbocycles. The summed E-state index contributed by atoms with van der Waals surface area (Å²) < 4.78 is 39.4. The number of hydrogen-bond acceptors (Lipinski definition) is 1. The number of hydrogen-bond donors (Lipinski definition) is 1. The van der Waals surface area contributed by atoms with Gasteiger partial charge in [0.1, 0.15) is 10.8 Å². The van der Waals surface area contributed by atoms with Gasteiger partial charge in [0.05, 0.1) is 5.41 Å². The van der Waals surface area contributed by atoms with E-state index in [0.29, 0.717) is 6.07 Å². The second-order valence-corrected chi connectivity index (χ2v) is 4.70. The molecule has 0 aliphatic rings. The Kier molecular flexibility index (Phi) is 3.71. The fourth-order valence-corrected chi connectivity index (χ4v) is 1.51. The third kappa shape index (κ3) is 2.72. The molecule has 0 saturated carbocycles. The van der Waals surface area contributed by atoms with Gasteiger partial charge in [0.25, 0.3) is 0 Å². The highest BCUT2D eigenvalue weighted by atomic mass is 35.5. The van der Waals surface area contributed by atoms with Gasteiger partial charge in [0, 0.05) is 0 Å². The maximum atomic E-state index is 13.5. The molecule has 0 aliphatic heterocycles. The molecular weight excluding hydrogens is 257 g/mol. The van der Waals surface area contributed by atoms with Crippen molar-refractivity contribution < 1.29 is 23.1 Å². The monoisotopic (exact) mass is 266 g/mol. The molecule has 6 heteroatoms. The maximum absolute atomic E-state index is 13.5. The molecule has 1 N–H and O–H groups in total. The SMILES string of the molecule is CC(C)(Cc1cc(F)c(F)c(Cl)c1F)C(=O)O. The summed E-state index contributed by atoms with van der Waals surface area (Å²) in [6.45, 7) is 2.70. The lowest BCUT2D eigenvalue weighted by Crippen LogP contribution is -2.26. The molecule has 0 unspecified atom stereocenters. The van der Waals surface area contributed by atoms with E-state index in [-0.39, 0.29) is 12.0 Å². The lowest BCUT2D eigenvalue weighted by Gasteiger charge is -2.19. The topological polar surface area (TPSA) is 37.3 Å². The zero-order valence-corrected chi connectivity index (χ0v) is 9.91. The van der Waals surface area contributed by atoms with Crippen LogP contribution in [0.15, 0.2) is 6.07 Å². The van der Waals surface area contributed by atoms with E-state index in [2.05, 4.69) is 0 Å². The number of carboxylic acids is 1. The Bertz CT molecular complexity index is 472. The quantitative estimate of drug-likeness (QED) is 0.672. The average Bonchev–Trinajstić information content (AvgIpc) is 2.22. The first-order valence-corrected chi connectivity index (χ1v) is 5.10. The Balaban J connectivity index is 3.21. The van der Waals surface area contributed by atoms with Crippen LogP contribution in [0.4, 0.5) is 13.2 Å². The van der Waals surface area contributed by atoms with Crippen molar-refractivity contribution in [3.63, 3.8) is 0 Å². The predicted molar refractivity (Wildman–Crippen MR) is 56.4 cm³/mol. The molecule has 0 saturated heterocycles. The van der Waals surface area contributed by atoms with E-state index in [1.807, 2.05) is 0 Å². The number of aliphatic carboxylic acids is 1. The van der Waals surface area contributed by atoms with Crippen molar-refractivity contribution in [2.75, 3.05) is 0 Å². The number of rotatable bonds is 3. The van der Waals surface area contributed by atoms with Crippen LogP contribution < -0.4 is 0 Å². The molecule has 94 valence electrons. The van der Waals surface area contributed by atoms with Crippen molar-refractivity contribution in [1.82, 2.24) is 0 Å². The third-order valence-electron chi connectivity index (χ3n) is 2.39. The zero-order chi connectivity index (χ0) is 13.4. The minimum Gasteiger partial charge on any atom is -0.481 e. The fourth-order valence-electron chi connectivity index (χ4n) is 1.30. The highest BCUT2D eigenvalue weighted by Crippen LogP contribution is 2.29. The largest absolute Gasteiger partial charge is 0.481 e. The van der Waals surface area contributed by atoms with Gasteiger partial charge in [-0.25, -0.2) is 13.2 Å². The second kappa shape index (κ2) is 4.56. The number of benzene rings is 1. The Morgan fingerprint density at radius 2 is 1.88 bits per heavy atom. The van der Waals surface area contributed by atoms with Crippen molar-refractivity contribution in [3.8, 4) is 0 Å². The number of carboxylic acid groups (broad SMARTS) is 1. The van der Waals surface area contributed by atoms with Gasteiger partial charge in [-0.2, -0.15) is 0 Å². The van der Waals surface area contributed by atoms with Crippen molar-refractivity contribution in [2.45, 2.75) is 20.3 Å². The molecule has 0 atom stereocenters. The zero-order valence-electron chi connectivity index (χ0n) is 9.15. The van der Waals surface area contributed by atoms with Crippen LogP contribution in [-0.2, 0) is 11.2 Å². The standard InChI is InChI=1S/C11H10ClF3O2/c1-11(2,10(16)17)4-5-3-6(13)9(15)7(12)8(5)14/h3H,4H2,1-2H3,(H,16,17). The fraction of sp³-hybridized carbons (Fsp3) is 0.364. The minimum atomic E-state index is -1.47. The first-order valence-electron chi connectivity index (χ1n) is 4.72. The Labute approximate surface area is 101 Å². The van der Waals surface area contributed by atoms with E-state index < -0.39 is 33.9 Å². The van der Waals surface area contributed by atoms with Crippen molar-refractivity contribution in [1.29, 1.82) is 0 Å². The second-order valence-electron chi connectivity index (χ2n) is 4.33. The van der Waals surface area contributed by atoms with Gasteiger partial charge in [-0.1, -0.05) is 11.6 Å². The van der Waals surface area contributed by atoms with Crippen LogP contribution >= 0.6 is 11.6 Å². The minimum absolute atomic E-state index is 0.263. The number of halogens is 4. The van der Waals surface area contributed by atoms with E-state index in [1.165, 1.54) is 13.8 Å². The third-order valence-corrected chi connectivity index (χ3v) is 2.72. The summed E-state index contributed by atoms with van der Waals surface area (Å²) in [5.74, 6) is -5.06. The number of carbonyl (C=O) groups is 1. The molecule has 0 radical (unpaired) electrons. The van der Waals surface area contributed by atoms with Crippen LogP contribution in [0, 0.1) is 22.9 Å². The smallest absolute Gasteiger partial charge is 0.309 e. The molecule has 17 heavy (non-hydrogen) atoms. The molecule has 0 aromatic heterocycles. The normalized spacial score (nSPS) is 11.6. The maximum Gasteiger partial charge on any atom is 0.309 e. The van der Waals surface area contributed by atoms with Crippen LogP contribution in [0.1, 0.15) is 19.4 Å². The summed E-state index contributed by atoms with van der Waals surface area (Å²) in [4.78, 5) is 10.9. The van der Waals surface area contributed by atoms with E-state index in [0.717, 1.165) is 0 Å². The summed E-state index contributed by atoms with van der Waals surface area (Å²) in [7, 11) is 0. The Hall–Kier alpha value is -1.23. The van der Waals surface area contributed by atoms with Crippen LogP contribution in [-0.4, -0.2) is 11.1 Å². The summed E-state index contributed by atoms with van der Waals surface area (Å²) in [6.07, 6.45) is -0.287. The van der Waals surface area contributed by atoms with Gasteiger partial charge in [-0.3, -0.25) is 4.79 Å². The lowest BCUT2D eigenvalue weighted by atomic mass is 9.85. The molecule has 1 aromatic carbocycles. The summed E-state index contributed by atoms with van der Waals surface area (Å²) in [5.41, 5.74) is -1.56. The first-order chi connectivity index (χ1) is 7.66. The van der Waals surface area contributed by atoms with E-state index >= 15 is 0 Å². The molecule has 0 bridgehead atoms. The van der Waals surface area contributed by atoms with Crippen LogP contribution in [0.2, 0.25) is 5.02 Å². The van der Waals surface area contributed by atoms with Gasteiger partial charge in [0.15, 0.2) is 11.6 Å². The molecule has 0 spiro atoms. The predicted octanol–water partition coefficient (Wildman–Crippen LogP) is 3.41. The molecule has 1 aromatic rings. The van der Waals surface area contributed by atoms with Gasteiger partial charge in [0.2, 0.25) is 0 Å². The summed E-state index contributed by atoms with van der Waals surface area (Å²) in [6, 6.07) is 0.626. The van der Waals surface area contributed by atoms with Crippen molar-refractivity contribution >= 4 is 17.6 Å². The van der Waals surface area contributed by atoms with Crippen molar-refractivity contribution in [2.24, 2.45) is 5.41 Å². The molecular formula is C11H10ClF3O2. The molecule has 0 amide bonds. The highest BCUT2D eigenvalue weighted by Gasteiger charge is 2.30. The van der Waals surface area contributed by atoms with Crippen LogP contribution in [0.5, 0.6) is 0 Å². The lowest BCUT2D eigenvalue weighted by molar-refractivity contribution is -0.146. The van der Waals surface area contributed by atoms with Gasteiger partial charge in [-0.05, 0) is 31.9 Å². The van der Waals surface area contributed by atoms with E-state index in [9.17, 15) is 18.0 Å². The first kappa shape index (κ1) is 13.8.